The molecule has 0 bridgehead atoms. The molecule has 0 saturated carbocycles. The number of aryl methyl sites for hydroxylation is 3. The molecule has 2 aliphatic heterocycles. The number of hydrogen-bond donors (Lipinski definition) is 0. The highest BCUT2D eigenvalue weighted by molar-refractivity contribution is 7.91. The van der Waals surface area contributed by atoms with E-state index in [9.17, 15) is 13.2 Å². The summed E-state index contributed by atoms with van der Waals surface area (Å²) in [4.78, 5) is 16.9. The summed E-state index contributed by atoms with van der Waals surface area (Å²) in [6.07, 6.45) is 1.83. The Hall–Kier alpha value is -2.18. The molecule has 2 unspecified atom stereocenters. The van der Waals surface area contributed by atoms with Crippen molar-refractivity contribution in [2.75, 3.05) is 29.5 Å². The zero-order valence-electron chi connectivity index (χ0n) is 17.0. The van der Waals surface area contributed by atoms with Crippen molar-refractivity contribution in [3.63, 3.8) is 0 Å². The Bertz CT molecular complexity index is 1000. The van der Waals surface area contributed by atoms with Crippen molar-refractivity contribution in [2.24, 2.45) is 0 Å². The minimum absolute atomic E-state index is 0.00804. The first-order valence-corrected chi connectivity index (χ1v) is 12.0. The third-order valence-electron chi connectivity index (χ3n) is 6.22. The van der Waals surface area contributed by atoms with Crippen LogP contribution in [0.15, 0.2) is 48.5 Å². The van der Waals surface area contributed by atoms with E-state index in [1.807, 2.05) is 50.2 Å². The summed E-state index contributed by atoms with van der Waals surface area (Å²) in [6.45, 7) is 5.07. The summed E-state index contributed by atoms with van der Waals surface area (Å²) in [5.41, 5.74) is 4.35. The van der Waals surface area contributed by atoms with Crippen molar-refractivity contribution in [2.45, 2.75) is 38.8 Å². The molecule has 2 aromatic carbocycles. The van der Waals surface area contributed by atoms with Gasteiger partial charge in [-0.05, 0) is 62.1 Å². The van der Waals surface area contributed by atoms with Gasteiger partial charge in [0.2, 0.25) is 5.91 Å². The molecule has 154 valence electrons. The largest absolute Gasteiger partial charge is 0.306 e. The quantitative estimate of drug-likeness (QED) is 0.758. The molecule has 4 rings (SSSR count). The van der Waals surface area contributed by atoms with Crippen LogP contribution in [0.5, 0.6) is 0 Å². The van der Waals surface area contributed by atoms with Gasteiger partial charge in [0.1, 0.15) is 0 Å². The number of fused-ring (bicyclic) bond motifs is 1. The van der Waals surface area contributed by atoms with Crippen LogP contribution in [0.3, 0.4) is 0 Å². The lowest BCUT2D eigenvalue weighted by atomic mass is 10.0. The number of piperazine rings is 1. The predicted molar refractivity (Wildman–Crippen MR) is 116 cm³/mol. The molecular formula is C23H28N2O3S. The standard InChI is InChI=1S/C23H28N2O3S/c1-17-10-11-20(13-18(17)2)25-22-16-29(27,28)15-21(22)24(14-23(25)26)12-6-9-19-7-4-3-5-8-19/h3-5,7-8,10-11,13,21-22H,6,9,12,14-16H2,1-2H3. The molecule has 0 aromatic heterocycles. The first kappa shape index (κ1) is 20.1. The van der Waals surface area contributed by atoms with Crippen molar-refractivity contribution >= 4 is 21.4 Å². The van der Waals surface area contributed by atoms with Crippen molar-refractivity contribution in [3.8, 4) is 0 Å². The van der Waals surface area contributed by atoms with E-state index in [1.54, 1.807) is 4.90 Å². The molecule has 1 amide bonds. The Balaban J connectivity index is 1.54. The van der Waals surface area contributed by atoms with Gasteiger partial charge in [0.15, 0.2) is 9.84 Å². The Kier molecular flexibility index (Phi) is 5.49. The fraction of sp³-hybridized carbons (Fsp3) is 0.435. The van der Waals surface area contributed by atoms with E-state index >= 15 is 0 Å². The topological polar surface area (TPSA) is 57.7 Å². The van der Waals surface area contributed by atoms with Gasteiger partial charge < -0.3 is 4.90 Å². The number of sulfone groups is 1. The Morgan fingerprint density at radius 3 is 2.41 bits per heavy atom. The van der Waals surface area contributed by atoms with Crippen LogP contribution in [0, 0.1) is 13.8 Å². The van der Waals surface area contributed by atoms with E-state index in [4.69, 9.17) is 0 Å². The van der Waals surface area contributed by atoms with Gasteiger partial charge in [-0.2, -0.15) is 0 Å². The second-order valence-electron chi connectivity index (χ2n) is 8.30. The van der Waals surface area contributed by atoms with Crippen LogP contribution >= 0.6 is 0 Å². The maximum absolute atomic E-state index is 13.1. The van der Waals surface area contributed by atoms with Crippen molar-refractivity contribution in [1.29, 1.82) is 0 Å². The van der Waals surface area contributed by atoms with Gasteiger partial charge >= 0.3 is 0 Å². The highest BCUT2D eigenvalue weighted by atomic mass is 32.2. The van der Waals surface area contributed by atoms with Crippen LogP contribution in [-0.4, -0.2) is 55.9 Å². The fourth-order valence-corrected chi connectivity index (χ4v) is 6.53. The van der Waals surface area contributed by atoms with Crippen molar-refractivity contribution in [3.05, 3.63) is 65.2 Å². The Labute approximate surface area is 173 Å². The van der Waals surface area contributed by atoms with Gasteiger partial charge in [0.05, 0.1) is 24.1 Å². The lowest BCUT2D eigenvalue weighted by molar-refractivity contribution is -0.123. The molecular weight excluding hydrogens is 384 g/mol. The molecule has 2 aromatic rings. The van der Waals surface area contributed by atoms with E-state index in [1.165, 1.54) is 5.56 Å². The van der Waals surface area contributed by atoms with Gasteiger partial charge in [-0.15, -0.1) is 0 Å². The lowest BCUT2D eigenvalue weighted by Gasteiger charge is -2.43. The average molecular weight is 413 g/mol. The van der Waals surface area contributed by atoms with Crippen molar-refractivity contribution < 1.29 is 13.2 Å². The number of rotatable bonds is 5. The normalized spacial score (nSPS) is 23.9. The molecule has 0 N–H and O–H groups in total. The first-order chi connectivity index (χ1) is 13.8. The number of carbonyl (C=O) groups is 1. The number of hydrogen-bond acceptors (Lipinski definition) is 4. The number of carbonyl (C=O) groups excluding carboxylic acids is 1. The van der Waals surface area contributed by atoms with Gasteiger partial charge in [-0.25, -0.2) is 8.42 Å². The zero-order valence-corrected chi connectivity index (χ0v) is 17.9. The highest BCUT2D eigenvalue weighted by Crippen LogP contribution is 2.32. The van der Waals surface area contributed by atoms with Crippen LogP contribution in [0.2, 0.25) is 0 Å². The summed E-state index contributed by atoms with van der Waals surface area (Å²) in [6, 6.07) is 15.8. The van der Waals surface area contributed by atoms with Gasteiger partial charge in [-0.3, -0.25) is 9.69 Å². The molecule has 2 heterocycles. The predicted octanol–water partition coefficient (Wildman–Crippen LogP) is 2.75. The molecule has 2 aliphatic rings. The molecule has 29 heavy (non-hydrogen) atoms. The van der Waals surface area contributed by atoms with E-state index in [0.717, 1.165) is 36.2 Å². The van der Waals surface area contributed by atoms with E-state index in [0.29, 0.717) is 0 Å². The molecule has 2 saturated heterocycles. The van der Waals surface area contributed by atoms with Crippen LogP contribution in [0.1, 0.15) is 23.1 Å². The summed E-state index contributed by atoms with van der Waals surface area (Å²) < 4.78 is 25.0. The van der Waals surface area contributed by atoms with Gasteiger partial charge in [0, 0.05) is 11.7 Å². The SMILES string of the molecule is Cc1ccc(N2C(=O)CN(CCCc3ccccc3)C3CS(=O)(=O)CC32)cc1C. The summed E-state index contributed by atoms with van der Waals surface area (Å²) >= 11 is 0. The number of benzene rings is 2. The zero-order chi connectivity index (χ0) is 20.6. The average Bonchev–Trinajstić information content (AvgIpc) is 3.00. The van der Waals surface area contributed by atoms with Crippen LogP contribution in [0.25, 0.3) is 0 Å². The fourth-order valence-electron chi connectivity index (χ4n) is 4.54. The first-order valence-electron chi connectivity index (χ1n) is 10.2. The van der Waals surface area contributed by atoms with Crippen LogP contribution < -0.4 is 4.90 Å². The summed E-state index contributed by atoms with van der Waals surface area (Å²) in [5.74, 6) is 0.176. The molecule has 2 atom stereocenters. The van der Waals surface area contributed by atoms with Crippen LogP contribution in [-0.2, 0) is 21.1 Å². The van der Waals surface area contributed by atoms with Crippen LogP contribution in [0.4, 0.5) is 5.69 Å². The molecule has 2 fully saturated rings. The van der Waals surface area contributed by atoms with Gasteiger partial charge in [-0.1, -0.05) is 36.4 Å². The maximum Gasteiger partial charge on any atom is 0.241 e. The lowest BCUT2D eigenvalue weighted by Crippen LogP contribution is -2.62. The monoisotopic (exact) mass is 412 g/mol. The second-order valence-corrected chi connectivity index (χ2v) is 10.5. The molecule has 0 aliphatic carbocycles. The number of anilines is 1. The number of nitrogens with zero attached hydrogens (tertiary/aromatic N) is 2. The maximum atomic E-state index is 13.1. The molecule has 0 radical (unpaired) electrons. The Morgan fingerprint density at radius 2 is 1.69 bits per heavy atom. The van der Waals surface area contributed by atoms with E-state index in [-0.39, 0.29) is 36.0 Å². The summed E-state index contributed by atoms with van der Waals surface area (Å²) in [5, 5.41) is 0. The van der Waals surface area contributed by atoms with E-state index in [2.05, 4.69) is 17.0 Å². The van der Waals surface area contributed by atoms with Gasteiger partial charge in [0.25, 0.3) is 0 Å². The second kappa shape index (κ2) is 7.92. The minimum Gasteiger partial charge on any atom is -0.306 e. The Morgan fingerprint density at radius 1 is 0.966 bits per heavy atom. The smallest absolute Gasteiger partial charge is 0.241 e. The highest BCUT2D eigenvalue weighted by Gasteiger charge is 2.49. The molecule has 5 nitrogen and oxygen atoms in total. The van der Waals surface area contributed by atoms with Crippen molar-refractivity contribution in [1.82, 2.24) is 4.90 Å². The molecule has 0 spiro atoms. The van der Waals surface area contributed by atoms with E-state index < -0.39 is 9.84 Å². The minimum atomic E-state index is -3.16. The third-order valence-corrected chi connectivity index (χ3v) is 7.92. The summed E-state index contributed by atoms with van der Waals surface area (Å²) in [7, 11) is -3.16. The third kappa shape index (κ3) is 4.23. The molecule has 6 heteroatoms. The number of amides is 1.